The van der Waals surface area contributed by atoms with E-state index in [9.17, 15) is 0 Å². The van der Waals surface area contributed by atoms with Crippen LogP contribution in [0.2, 0.25) is 0 Å². The average Bonchev–Trinajstić information content (AvgIpc) is 2.86. The molecule has 0 fully saturated rings. The fraction of sp³-hybridized carbons (Fsp3) is 0.357. The second kappa shape index (κ2) is 5.94. The molecule has 3 heteroatoms. The summed E-state index contributed by atoms with van der Waals surface area (Å²) in [6.07, 6.45) is 6.12. The second-order valence-electron chi connectivity index (χ2n) is 4.07. The zero-order valence-electron chi connectivity index (χ0n) is 10.3. The normalized spacial score (nSPS) is 12.6. The summed E-state index contributed by atoms with van der Waals surface area (Å²) in [6, 6.07) is 8.99. The molecule has 2 heterocycles. The van der Waals surface area contributed by atoms with Crippen LogP contribution < -0.4 is 5.32 Å². The van der Waals surface area contributed by atoms with Gasteiger partial charge >= 0.3 is 0 Å². The largest absolute Gasteiger partial charge is 0.312 e. The molecular formula is C14H18N2S. The number of rotatable bonds is 5. The van der Waals surface area contributed by atoms with Gasteiger partial charge in [-0.15, -0.1) is 11.3 Å². The number of aromatic nitrogens is 1. The lowest BCUT2D eigenvalue weighted by Crippen LogP contribution is -2.14. The van der Waals surface area contributed by atoms with Crippen molar-refractivity contribution in [3.8, 4) is 10.4 Å². The van der Waals surface area contributed by atoms with E-state index < -0.39 is 0 Å². The Labute approximate surface area is 107 Å². The summed E-state index contributed by atoms with van der Waals surface area (Å²) in [6.45, 7) is 2.22. The summed E-state index contributed by atoms with van der Waals surface area (Å²) in [7, 11) is 2.03. The second-order valence-corrected chi connectivity index (χ2v) is 5.19. The molecule has 1 N–H and O–H groups in total. The molecule has 2 aromatic rings. The summed E-state index contributed by atoms with van der Waals surface area (Å²) in [5.41, 5.74) is 1.20. The Morgan fingerprint density at radius 1 is 1.35 bits per heavy atom. The monoisotopic (exact) mass is 246 g/mol. The Morgan fingerprint density at radius 3 is 2.88 bits per heavy atom. The highest BCUT2D eigenvalue weighted by molar-refractivity contribution is 7.15. The first-order chi connectivity index (χ1) is 8.35. The maximum atomic E-state index is 4.16. The van der Waals surface area contributed by atoms with Crippen molar-refractivity contribution in [1.29, 1.82) is 0 Å². The number of hydrogen-bond donors (Lipinski definition) is 1. The molecule has 1 atom stereocenters. The molecule has 0 aliphatic rings. The highest BCUT2D eigenvalue weighted by Crippen LogP contribution is 2.32. The summed E-state index contributed by atoms with van der Waals surface area (Å²) in [5, 5.41) is 3.38. The van der Waals surface area contributed by atoms with Crippen molar-refractivity contribution in [3.05, 3.63) is 41.5 Å². The van der Waals surface area contributed by atoms with E-state index in [-0.39, 0.29) is 0 Å². The summed E-state index contributed by atoms with van der Waals surface area (Å²) in [5.74, 6) is 0. The molecule has 0 radical (unpaired) electrons. The van der Waals surface area contributed by atoms with E-state index in [0.717, 1.165) is 0 Å². The van der Waals surface area contributed by atoms with Gasteiger partial charge in [0.25, 0.3) is 0 Å². The van der Waals surface area contributed by atoms with E-state index in [4.69, 9.17) is 0 Å². The van der Waals surface area contributed by atoms with Crippen molar-refractivity contribution in [2.75, 3.05) is 7.05 Å². The van der Waals surface area contributed by atoms with Crippen LogP contribution in [0.25, 0.3) is 10.4 Å². The van der Waals surface area contributed by atoms with E-state index in [0.29, 0.717) is 6.04 Å². The zero-order valence-corrected chi connectivity index (χ0v) is 11.1. The van der Waals surface area contributed by atoms with Crippen molar-refractivity contribution < 1.29 is 0 Å². The van der Waals surface area contributed by atoms with Gasteiger partial charge in [0, 0.05) is 33.8 Å². The molecule has 0 saturated carbocycles. The lowest BCUT2D eigenvalue weighted by Gasteiger charge is -2.12. The molecule has 2 rings (SSSR count). The van der Waals surface area contributed by atoms with Gasteiger partial charge < -0.3 is 5.32 Å². The summed E-state index contributed by atoms with van der Waals surface area (Å²) in [4.78, 5) is 6.87. The average molecular weight is 246 g/mol. The zero-order chi connectivity index (χ0) is 12.1. The topological polar surface area (TPSA) is 24.9 Å². The van der Waals surface area contributed by atoms with Crippen LogP contribution in [0.1, 0.15) is 30.7 Å². The lowest BCUT2D eigenvalue weighted by atomic mass is 10.1. The van der Waals surface area contributed by atoms with E-state index >= 15 is 0 Å². The third-order valence-corrected chi connectivity index (χ3v) is 4.09. The number of nitrogens with zero attached hydrogens (tertiary/aromatic N) is 1. The van der Waals surface area contributed by atoms with Crippen LogP contribution in [0, 0.1) is 0 Å². The van der Waals surface area contributed by atoms with Crippen LogP contribution in [0.15, 0.2) is 36.7 Å². The molecule has 0 amide bonds. The van der Waals surface area contributed by atoms with Gasteiger partial charge in [0.15, 0.2) is 0 Å². The third kappa shape index (κ3) is 2.93. The van der Waals surface area contributed by atoms with E-state index in [2.05, 4.69) is 35.4 Å². The Hall–Kier alpha value is -1.19. The fourth-order valence-corrected chi connectivity index (χ4v) is 3.06. The minimum Gasteiger partial charge on any atom is -0.312 e. The molecule has 0 spiro atoms. The first-order valence-corrected chi connectivity index (χ1v) is 6.84. The molecule has 0 saturated heterocycles. The van der Waals surface area contributed by atoms with Crippen LogP contribution in [-0.4, -0.2) is 12.0 Å². The highest BCUT2D eigenvalue weighted by atomic mass is 32.1. The molecular weight excluding hydrogens is 228 g/mol. The molecule has 2 aromatic heterocycles. The third-order valence-electron chi connectivity index (χ3n) is 2.84. The van der Waals surface area contributed by atoms with Crippen LogP contribution in [-0.2, 0) is 0 Å². The van der Waals surface area contributed by atoms with Gasteiger partial charge in [-0.05, 0) is 31.7 Å². The summed E-state index contributed by atoms with van der Waals surface area (Å²) >= 11 is 1.86. The first-order valence-electron chi connectivity index (χ1n) is 6.02. The van der Waals surface area contributed by atoms with Crippen molar-refractivity contribution >= 4 is 11.3 Å². The summed E-state index contributed by atoms with van der Waals surface area (Å²) < 4.78 is 0. The Kier molecular flexibility index (Phi) is 4.29. The SMILES string of the molecule is CCCC(NC)c1ccc(-c2cccnc2)s1. The maximum Gasteiger partial charge on any atom is 0.0412 e. The number of nitrogens with one attached hydrogen (secondary N) is 1. The highest BCUT2D eigenvalue weighted by Gasteiger charge is 2.11. The van der Waals surface area contributed by atoms with Crippen LogP contribution in [0.4, 0.5) is 0 Å². The minimum absolute atomic E-state index is 0.482. The van der Waals surface area contributed by atoms with Gasteiger partial charge in [-0.3, -0.25) is 4.98 Å². The quantitative estimate of drug-likeness (QED) is 0.866. The molecule has 90 valence electrons. The molecule has 1 unspecified atom stereocenters. The number of hydrogen-bond acceptors (Lipinski definition) is 3. The first kappa shape index (κ1) is 12.3. The lowest BCUT2D eigenvalue weighted by molar-refractivity contribution is 0.550. The van der Waals surface area contributed by atoms with Gasteiger partial charge in [-0.1, -0.05) is 19.4 Å². The van der Waals surface area contributed by atoms with Crippen LogP contribution in [0.5, 0.6) is 0 Å². The maximum absolute atomic E-state index is 4.16. The van der Waals surface area contributed by atoms with Gasteiger partial charge in [0.1, 0.15) is 0 Å². The van der Waals surface area contributed by atoms with Crippen LogP contribution >= 0.6 is 11.3 Å². The van der Waals surface area contributed by atoms with Gasteiger partial charge in [0.2, 0.25) is 0 Å². The van der Waals surface area contributed by atoms with E-state index in [1.54, 1.807) is 0 Å². The predicted molar refractivity (Wildman–Crippen MR) is 74.3 cm³/mol. The van der Waals surface area contributed by atoms with Crippen molar-refractivity contribution in [2.24, 2.45) is 0 Å². The van der Waals surface area contributed by atoms with Gasteiger partial charge in [-0.25, -0.2) is 0 Å². The van der Waals surface area contributed by atoms with Crippen molar-refractivity contribution in [1.82, 2.24) is 10.3 Å². The standard InChI is InChI=1S/C14H18N2S/c1-3-5-12(15-2)14-8-7-13(17-14)11-6-4-9-16-10-11/h4,6-10,12,15H,3,5H2,1-2H3. The van der Waals surface area contributed by atoms with Crippen molar-refractivity contribution in [2.45, 2.75) is 25.8 Å². The van der Waals surface area contributed by atoms with Crippen LogP contribution in [0.3, 0.4) is 0 Å². The minimum atomic E-state index is 0.482. The Morgan fingerprint density at radius 2 is 2.24 bits per heavy atom. The Balaban J connectivity index is 2.21. The van der Waals surface area contributed by atoms with Gasteiger partial charge in [0.05, 0.1) is 0 Å². The molecule has 0 aliphatic carbocycles. The molecule has 17 heavy (non-hydrogen) atoms. The van der Waals surface area contributed by atoms with E-state index in [1.165, 1.54) is 28.2 Å². The fourth-order valence-electron chi connectivity index (χ4n) is 1.92. The smallest absolute Gasteiger partial charge is 0.0412 e. The van der Waals surface area contributed by atoms with Crippen molar-refractivity contribution in [3.63, 3.8) is 0 Å². The molecule has 0 bridgehead atoms. The van der Waals surface area contributed by atoms with E-state index in [1.807, 2.05) is 36.8 Å². The predicted octanol–water partition coefficient (Wildman–Crippen LogP) is 3.87. The van der Waals surface area contributed by atoms with Gasteiger partial charge in [-0.2, -0.15) is 0 Å². The number of thiophene rings is 1. The molecule has 0 aliphatic heterocycles. The number of pyridine rings is 1. The Bertz CT molecular complexity index is 450. The molecule has 0 aromatic carbocycles. The molecule has 2 nitrogen and oxygen atoms in total.